The molecule has 2 amide bonds. The molecule has 0 aromatic heterocycles. The number of carbonyl (C=O) groups excluding carboxylic acids is 2. The Morgan fingerprint density at radius 2 is 1.62 bits per heavy atom. The van der Waals surface area contributed by atoms with Crippen molar-refractivity contribution in [2.75, 3.05) is 19.1 Å². The minimum atomic E-state index is -0.416. The van der Waals surface area contributed by atoms with Gasteiger partial charge in [-0.1, -0.05) is 56.1 Å². The zero-order valence-corrected chi connectivity index (χ0v) is 22.2. The fourth-order valence-electron chi connectivity index (χ4n) is 3.31. The van der Waals surface area contributed by atoms with Crippen LogP contribution in [-0.4, -0.2) is 25.4 Å². The molecule has 0 unspecified atom stereocenters. The number of halogens is 2. The second-order valence-corrected chi connectivity index (χ2v) is 9.89. The van der Waals surface area contributed by atoms with E-state index in [9.17, 15) is 9.59 Å². The van der Waals surface area contributed by atoms with Gasteiger partial charge in [0, 0.05) is 8.95 Å². The van der Waals surface area contributed by atoms with E-state index in [1.54, 1.807) is 49.6 Å². The number of methoxy groups -OCH3 is 2. The highest BCUT2D eigenvalue weighted by molar-refractivity contribution is 9.10. The zero-order valence-electron chi connectivity index (χ0n) is 18.2. The molecule has 3 aromatic carbocycles. The number of benzene rings is 3. The quantitative estimate of drug-likeness (QED) is 0.269. The molecule has 9 heteroatoms. The van der Waals surface area contributed by atoms with Gasteiger partial charge in [0.25, 0.3) is 11.1 Å². The summed E-state index contributed by atoms with van der Waals surface area (Å²) in [5.41, 5.74) is 2.10. The summed E-state index contributed by atoms with van der Waals surface area (Å²) >= 11 is 7.84. The van der Waals surface area contributed by atoms with Gasteiger partial charge in [-0.05, 0) is 65.4 Å². The minimum absolute atomic E-state index is 0.294. The van der Waals surface area contributed by atoms with Crippen LogP contribution in [0.5, 0.6) is 17.2 Å². The number of imide groups is 1. The monoisotopic (exact) mass is 603 g/mol. The Morgan fingerprint density at radius 1 is 0.912 bits per heavy atom. The average molecular weight is 605 g/mol. The molecule has 0 radical (unpaired) electrons. The van der Waals surface area contributed by atoms with Gasteiger partial charge in [0.2, 0.25) is 0 Å². The molecular weight excluding hydrogens is 586 g/mol. The van der Waals surface area contributed by atoms with Gasteiger partial charge in [-0.15, -0.1) is 0 Å². The Bertz CT molecular complexity index is 1280. The summed E-state index contributed by atoms with van der Waals surface area (Å²) in [5.74, 6) is 1.09. The van der Waals surface area contributed by atoms with Crippen LogP contribution in [0.4, 0.5) is 10.5 Å². The molecule has 0 N–H and O–H groups in total. The van der Waals surface area contributed by atoms with Gasteiger partial charge in [0.15, 0.2) is 11.5 Å². The third-order valence-electron chi connectivity index (χ3n) is 5.00. The SMILES string of the molecule is COc1cc(/C=C2\SC(=O)N(c3ccccc3OC)C2=O)c(Br)cc1OCc1ccc(Br)cc1. The van der Waals surface area contributed by atoms with E-state index in [1.807, 2.05) is 24.3 Å². The molecule has 4 rings (SSSR count). The molecule has 0 spiro atoms. The molecule has 1 saturated heterocycles. The molecule has 174 valence electrons. The first-order chi connectivity index (χ1) is 16.4. The van der Waals surface area contributed by atoms with Gasteiger partial charge >= 0.3 is 0 Å². The van der Waals surface area contributed by atoms with Crippen molar-refractivity contribution in [2.24, 2.45) is 0 Å². The second-order valence-electron chi connectivity index (χ2n) is 7.13. The highest BCUT2D eigenvalue weighted by Gasteiger charge is 2.37. The molecule has 1 aliphatic heterocycles. The normalized spacial score (nSPS) is 14.6. The number of rotatable bonds is 7. The number of hydrogen-bond acceptors (Lipinski definition) is 6. The van der Waals surface area contributed by atoms with E-state index < -0.39 is 11.1 Å². The van der Waals surface area contributed by atoms with Crippen LogP contribution in [0.1, 0.15) is 11.1 Å². The van der Waals surface area contributed by atoms with Crippen LogP contribution in [-0.2, 0) is 11.4 Å². The van der Waals surface area contributed by atoms with E-state index >= 15 is 0 Å². The van der Waals surface area contributed by atoms with Crippen LogP contribution < -0.4 is 19.1 Å². The summed E-state index contributed by atoms with van der Waals surface area (Å²) in [5, 5.41) is -0.390. The summed E-state index contributed by atoms with van der Waals surface area (Å²) in [6, 6.07) is 18.3. The first-order valence-electron chi connectivity index (χ1n) is 10.1. The third kappa shape index (κ3) is 5.16. The van der Waals surface area contributed by atoms with Crippen LogP contribution in [0.3, 0.4) is 0 Å². The summed E-state index contributed by atoms with van der Waals surface area (Å²) in [7, 11) is 3.05. The van der Waals surface area contributed by atoms with Crippen LogP contribution in [0, 0.1) is 0 Å². The minimum Gasteiger partial charge on any atom is -0.495 e. The Morgan fingerprint density at radius 3 is 2.32 bits per heavy atom. The molecule has 0 atom stereocenters. The maximum absolute atomic E-state index is 13.1. The number of nitrogens with zero attached hydrogens (tertiary/aromatic N) is 1. The van der Waals surface area contributed by atoms with E-state index in [-0.39, 0.29) is 0 Å². The molecule has 0 aliphatic carbocycles. The van der Waals surface area contributed by atoms with Crippen LogP contribution >= 0.6 is 43.6 Å². The molecule has 1 fully saturated rings. The zero-order chi connectivity index (χ0) is 24.2. The predicted molar refractivity (Wildman–Crippen MR) is 141 cm³/mol. The van der Waals surface area contributed by atoms with Crippen LogP contribution in [0.2, 0.25) is 0 Å². The number of anilines is 1. The van der Waals surface area contributed by atoms with Gasteiger partial charge < -0.3 is 14.2 Å². The van der Waals surface area contributed by atoms with Crippen LogP contribution in [0.25, 0.3) is 6.08 Å². The number of amides is 2. The lowest BCUT2D eigenvalue weighted by molar-refractivity contribution is -0.113. The Kier molecular flexibility index (Phi) is 7.65. The molecule has 0 bridgehead atoms. The average Bonchev–Trinajstić information content (AvgIpc) is 3.12. The first-order valence-corrected chi connectivity index (χ1v) is 12.5. The predicted octanol–water partition coefficient (Wildman–Crippen LogP) is 7.05. The number of thioether (sulfide) groups is 1. The molecule has 34 heavy (non-hydrogen) atoms. The number of carbonyl (C=O) groups is 2. The van der Waals surface area contributed by atoms with Gasteiger partial charge in [-0.25, -0.2) is 4.90 Å². The smallest absolute Gasteiger partial charge is 0.298 e. The lowest BCUT2D eigenvalue weighted by Gasteiger charge is -2.15. The summed E-state index contributed by atoms with van der Waals surface area (Å²) < 4.78 is 18.5. The summed E-state index contributed by atoms with van der Waals surface area (Å²) in [6.45, 7) is 0.368. The summed E-state index contributed by atoms with van der Waals surface area (Å²) in [6.07, 6.45) is 1.66. The highest BCUT2D eigenvalue weighted by Crippen LogP contribution is 2.41. The van der Waals surface area contributed by atoms with Crippen molar-refractivity contribution in [1.82, 2.24) is 0 Å². The summed E-state index contributed by atoms with van der Waals surface area (Å²) in [4.78, 5) is 27.2. The molecule has 3 aromatic rings. The van der Waals surface area contributed by atoms with Crippen molar-refractivity contribution < 1.29 is 23.8 Å². The van der Waals surface area contributed by atoms with Gasteiger partial charge in [0.1, 0.15) is 12.4 Å². The van der Waals surface area contributed by atoms with E-state index in [1.165, 1.54) is 7.11 Å². The standard InChI is InChI=1S/C25H19Br2NO5S/c1-31-20-6-4-3-5-19(20)28-24(29)23(34-25(28)30)12-16-11-21(32-2)22(13-18(16)27)33-14-15-7-9-17(26)10-8-15/h3-13H,14H2,1-2H3/b23-12-. The highest BCUT2D eigenvalue weighted by atomic mass is 79.9. The van der Waals surface area contributed by atoms with Crippen molar-refractivity contribution in [3.63, 3.8) is 0 Å². The number of para-hydroxylation sites is 2. The first kappa shape index (κ1) is 24.4. The fourth-order valence-corrected chi connectivity index (χ4v) is 4.83. The topological polar surface area (TPSA) is 65.1 Å². The van der Waals surface area contributed by atoms with Crippen molar-refractivity contribution in [3.05, 3.63) is 85.6 Å². The van der Waals surface area contributed by atoms with Gasteiger partial charge in [-0.2, -0.15) is 0 Å². The van der Waals surface area contributed by atoms with Crippen molar-refractivity contribution in [1.29, 1.82) is 0 Å². The van der Waals surface area contributed by atoms with Crippen molar-refractivity contribution in [2.45, 2.75) is 6.61 Å². The molecule has 1 heterocycles. The molecule has 0 saturated carbocycles. The fraction of sp³-hybridized carbons (Fsp3) is 0.120. The molecule has 1 aliphatic rings. The van der Waals surface area contributed by atoms with Crippen molar-refractivity contribution >= 4 is 66.5 Å². The largest absolute Gasteiger partial charge is 0.495 e. The maximum Gasteiger partial charge on any atom is 0.298 e. The Hall–Kier alpha value is -2.75. The number of hydrogen-bond donors (Lipinski definition) is 0. The number of ether oxygens (including phenoxy) is 3. The molecular formula is C25H19Br2NO5S. The van der Waals surface area contributed by atoms with Gasteiger partial charge in [0.05, 0.1) is 24.8 Å². The van der Waals surface area contributed by atoms with E-state index in [4.69, 9.17) is 14.2 Å². The Balaban J connectivity index is 1.59. The van der Waals surface area contributed by atoms with Crippen LogP contribution in [0.15, 0.2) is 74.5 Å². The molecule has 6 nitrogen and oxygen atoms in total. The third-order valence-corrected chi connectivity index (χ3v) is 7.08. The second kappa shape index (κ2) is 10.7. The Labute approximate surface area is 218 Å². The van der Waals surface area contributed by atoms with E-state index in [0.29, 0.717) is 44.5 Å². The van der Waals surface area contributed by atoms with E-state index in [0.717, 1.165) is 26.7 Å². The van der Waals surface area contributed by atoms with E-state index in [2.05, 4.69) is 31.9 Å². The lowest BCUT2D eigenvalue weighted by Crippen LogP contribution is -2.28. The van der Waals surface area contributed by atoms with Gasteiger partial charge in [-0.3, -0.25) is 9.59 Å². The maximum atomic E-state index is 13.1. The van der Waals surface area contributed by atoms with Crippen molar-refractivity contribution in [3.8, 4) is 17.2 Å². The lowest BCUT2D eigenvalue weighted by atomic mass is 10.1.